The number of hydrogen-bond donors (Lipinski definition) is 0. The minimum absolute atomic E-state index is 0.0348. The number of esters is 2. The van der Waals surface area contributed by atoms with Gasteiger partial charge in [-0.2, -0.15) is 0 Å². The number of fused-ring (bicyclic) bond motifs is 1. The highest BCUT2D eigenvalue weighted by molar-refractivity contribution is 14.1. The van der Waals surface area contributed by atoms with Gasteiger partial charge < -0.3 is 14.2 Å². The Hall–Kier alpha value is -1.93. The van der Waals surface area contributed by atoms with E-state index in [1.54, 1.807) is 19.2 Å². The van der Waals surface area contributed by atoms with Gasteiger partial charge in [0.05, 0.1) is 22.5 Å². The molecule has 1 aliphatic carbocycles. The molecule has 28 heavy (non-hydrogen) atoms. The zero-order valence-electron chi connectivity index (χ0n) is 15.4. The second-order valence-electron chi connectivity index (χ2n) is 7.20. The molecule has 0 amide bonds. The SMILES string of the molecule is COC[C@H]1[C@@H]2CC(=O)O[C@@H]2[C@H](I)[C@@H]1OC(=O)c1ccc(-c2ccccc2)cc1. The van der Waals surface area contributed by atoms with Crippen molar-refractivity contribution >= 4 is 34.5 Å². The van der Waals surface area contributed by atoms with Crippen molar-refractivity contribution in [2.75, 3.05) is 13.7 Å². The van der Waals surface area contributed by atoms with Crippen LogP contribution in [0.4, 0.5) is 0 Å². The first-order chi connectivity index (χ1) is 13.6. The highest BCUT2D eigenvalue weighted by Gasteiger charge is 2.57. The maximum absolute atomic E-state index is 12.8. The van der Waals surface area contributed by atoms with Gasteiger partial charge in [-0.15, -0.1) is 0 Å². The van der Waals surface area contributed by atoms with E-state index in [0.29, 0.717) is 18.6 Å². The first-order valence-corrected chi connectivity index (χ1v) is 10.5. The largest absolute Gasteiger partial charge is 0.461 e. The summed E-state index contributed by atoms with van der Waals surface area (Å²) < 4.78 is 16.6. The number of halogens is 1. The molecule has 1 aliphatic heterocycles. The van der Waals surface area contributed by atoms with Crippen LogP contribution in [-0.2, 0) is 19.0 Å². The summed E-state index contributed by atoms with van der Waals surface area (Å²) in [7, 11) is 1.62. The van der Waals surface area contributed by atoms with Crippen molar-refractivity contribution in [3.63, 3.8) is 0 Å². The van der Waals surface area contributed by atoms with Crippen molar-refractivity contribution in [1.82, 2.24) is 0 Å². The first-order valence-electron chi connectivity index (χ1n) is 9.27. The summed E-state index contributed by atoms with van der Waals surface area (Å²) in [6.07, 6.45) is -0.200. The molecule has 146 valence electrons. The normalized spacial score (nSPS) is 28.6. The summed E-state index contributed by atoms with van der Waals surface area (Å²) in [4.78, 5) is 24.4. The van der Waals surface area contributed by atoms with Gasteiger partial charge in [0, 0.05) is 18.9 Å². The van der Waals surface area contributed by atoms with E-state index >= 15 is 0 Å². The lowest BCUT2D eigenvalue weighted by Gasteiger charge is -2.24. The molecule has 0 unspecified atom stereocenters. The molecule has 0 radical (unpaired) electrons. The Labute approximate surface area is 177 Å². The van der Waals surface area contributed by atoms with Gasteiger partial charge in [0.1, 0.15) is 12.2 Å². The molecule has 6 heteroatoms. The second-order valence-corrected chi connectivity index (χ2v) is 8.64. The molecule has 1 heterocycles. The van der Waals surface area contributed by atoms with Crippen molar-refractivity contribution in [2.45, 2.75) is 22.6 Å². The smallest absolute Gasteiger partial charge is 0.338 e. The quantitative estimate of drug-likeness (QED) is 0.360. The Kier molecular flexibility index (Phi) is 5.68. The fourth-order valence-electron chi connectivity index (χ4n) is 4.14. The molecule has 0 bridgehead atoms. The van der Waals surface area contributed by atoms with Gasteiger partial charge in [-0.3, -0.25) is 4.79 Å². The van der Waals surface area contributed by atoms with Crippen LogP contribution in [0.5, 0.6) is 0 Å². The Morgan fingerprint density at radius 1 is 1.11 bits per heavy atom. The molecular weight excluding hydrogens is 471 g/mol. The van der Waals surface area contributed by atoms with E-state index in [-0.39, 0.29) is 39.9 Å². The van der Waals surface area contributed by atoms with Crippen LogP contribution in [0.1, 0.15) is 16.8 Å². The number of rotatable bonds is 5. The van der Waals surface area contributed by atoms with Crippen molar-refractivity contribution in [3.8, 4) is 11.1 Å². The molecule has 5 nitrogen and oxygen atoms in total. The third-order valence-corrected chi connectivity index (χ3v) is 6.94. The predicted molar refractivity (Wildman–Crippen MR) is 112 cm³/mol. The zero-order valence-corrected chi connectivity index (χ0v) is 17.6. The van der Waals surface area contributed by atoms with E-state index in [0.717, 1.165) is 11.1 Å². The standard InChI is InChI=1S/C22H21IO5/c1-26-12-17-16-11-18(24)27-20(16)19(23)21(17)28-22(25)15-9-7-14(8-10-15)13-5-3-2-4-6-13/h2-10,16-17,19-21H,11-12H2,1H3/t16-,17-,19-,20-,21+/m0/s1. The number of benzene rings is 2. The van der Waals surface area contributed by atoms with Gasteiger partial charge >= 0.3 is 11.9 Å². The molecule has 0 aromatic heterocycles. The third kappa shape index (κ3) is 3.67. The fourth-order valence-corrected chi connectivity index (χ4v) is 5.50. The summed E-state index contributed by atoms with van der Waals surface area (Å²) in [5, 5.41) is 0. The number of carbonyl (C=O) groups is 2. The maximum Gasteiger partial charge on any atom is 0.338 e. The lowest BCUT2D eigenvalue weighted by Crippen LogP contribution is -2.34. The average Bonchev–Trinajstić information content (AvgIpc) is 3.21. The van der Waals surface area contributed by atoms with Crippen LogP contribution >= 0.6 is 22.6 Å². The summed E-state index contributed by atoms with van der Waals surface area (Å²) in [5.41, 5.74) is 2.65. The van der Waals surface area contributed by atoms with Crippen LogP contribution in [0.2, 0.25) is 0 Å². The fraction of sp³-hybridized carbons (Fsp3) is 0.364. The monoisotopic (exact) mass is 492 g/mol. The van der Waals surface area contributed by atoms with Crippen LogP contribution in [0.3, 0.4) is 0 Å². The number of methoxy groups -OCH3 is 1. The highest BCUT2D eigenvalue weighted by Crippen LogP contribution is 2.46. The molecule has 1 saturated heterocycles. The van der Waals surface area contributed by atoms with E-state index in [1.807, 2.05) is 42.5 Å². The summed E-state index contributed by atoms with van der Waals surface area (Å²) in [5.74, 6) is -0.554. The molecular formula is C22H21IO5. The third-order valence-electron chi connectivity index (χ3n) is 5.52. The summed E-state index contributed by atoms with van der Waals surface area (Å²) >= 11 is 2.23. The van der Waals surface area contributed by atoms with Gasteiger partial charge in [-0.1, -0.05) is 65.1 Å². The van der Waals surface area contributed by atoms with Gasteiger partial charge in [0.2, 0.25) is 0 Å². The van der Waals surface area contributed by atoms with E-state index in [9.17, 15) is 9.59 Å². The van der Waals surface area contributed by atoms with Crippen LogP contribution in [0.15, 0.2) is 54.6 Å². The first kappa shape index (κ1) is 19.4. The topological polar surface area (TPSA) is 61.8 Å². The van der Waals surface area contributed by atoms with Crippen LogP contribution in [0, 0.1) is 11.8 Å². The van der Waals surface area contributed by atoms with Crippen molar-refractivity contribution in [1.29, 1.82) is 0 Å². The molecule has 2 aromatic rings. The Morgan fingerprint density at radius 2 is 1.79 bits per heavy atom. The minimum Gasteiger partial charge on any atom is -0.461 e. The minimum atomic E-state index is -0.362. The van der Waals surface area contributed by atoms with E-state index in [2.05, 4.69) is 22.6 Å². The van der Waals surface area contributed by atoms with Gasteiger partial charge in [-0.25, -0.2) is 4.79 Å². The van der Waals surface area contributed by atoms with Crippen LogP contribution in [0.25, 0.3) is 11.1 Å². The maximum atomic E-state index is 12.8. The van der Waals surface area contributed by atoms with E-state index in [1.165, 1.54) is 0 Å². The Bertz CT molecular complexity index is 851. The van der Waals surface area contributed by atoms with Crippen LogP contribution in [-0.4, -0.2) is 41.8 Å². The van der Waals surface area contributed by atoms with E-state index in [4.69, 9.17) is 14.2 Å². The van der Waals surface area contributed by atoms with E-state index < -0.39 is 0 Å². The average molecular weight is 492 g/mol. The highest BCUT2D eigenvalue weighted by atomic mass is 127. The van der Waals surface area contributed by atoms with Crippen LogP contribution < -0.4 is 0 Å². The molecule has 0 spiro atoms. The Morgan fingerprint density at radius 3 is 2.46 bits per heavy atom. The number of carbonyl (C=O) groups excluding carboxylic acids is 2. The molecule has 5 atom stereocenters. The van der Waals surface area contributed by atoms with Crippen molar-refractivity contribution in [3.05, 3.63) is 60.2 Å². The number of hydrogen-bond acceptors (Lipinski definition) is 5. The lowest BCUT2D eigenvalue weighted by atomic mass is 9.93. The van der Waals surface area contributed by atoms with Gasteiger partial charge in [-0.05, 0) is 23.3 Å². The molecule has 2 fully saturated rings. The lowest BCUT2D eigenvalue weighted by molar-refractivity contribution is -0.141. The predicted octanol–water partition coefficient (Wildman–Crippen LogP) is 3.89. The Balaban J connectivity index is 1.49. The number of ether oxygens (including phenoxy) is 3. The molecule has 4 rings (SSSR count). The molecule has 2 aromatic carbocycles. The van der Waals surface area contributed by atoms with Gasteiger partial charge in [0.25, 0.3) is 0 Å². The molecule has 0 N–H and O–H groups in total. The van der Waals surface area contributed by atoms with Gasteiger partial charge in [0.15, 0.2) is 0 Å². The van der Waals surface area contributed by atoms with Crippen molar-refractivity contribution in [2.24, 2.45) is 11.8 Å². The summed E-state index contributed by atoms with van der Waals surface area (Å²) in [6.45, 7) is 0.433. The molecule has 1 saturated carbocycles. The second kappa shape index (κ2) is 8.21. The summed E-state index contributed by atoms with van der Waals surface area (Å²) in [6, 6.07) is 17.4. The zero-order chi connectivity index (χ0) is 19.7. The van der Waals surface area contributed by atoms with Crippen molar-refractivity contribution < 1.29 is 23.8 Å². The molecule has 2 aliphatic rings. The number of alkyl halides is 1.